The predicted molar refractivity (Wildman–Crippen MR) is 108 cm³/mol. The fraction of sp³-hybridized carbons (Fsp3) is 0.545. The molecule has 0 radical (unpaired) electrons. The average Bonchev–Trinajstić information content (AvgIpc) is 2.71. The van der Waals surface area contributed by atoms with Gasteiger partial charge in [-0.15, -0.1) is 13.2 Å². The molecule has 1 fully saturated rings. The first kappa shape index (κ1) is 25.0. The van der Waals surface area contributed by atoms with Crippen molar-refractivity contribution in [3.05, 3.63) is 29.3 Å². The van der Waals surface area contributed by atoms with Crippen LogP contribution in [0.2, 0.25) is 0 Å². The topological polar surface area (TPSA) is 115 Å². The minimum Gasteiger partial charge on any atom is -0.405 e. The Bertz CT molecular complexity index is 924. The van der Waals surface area contributed by atoms with Gasteiger partial charge in [0.1, 0.15) is 5.75 Å². The van der Waals surface area contributed by atoms with Gasteiger partial charge in [0.15, 0.2) is 0 Å². The molecule has 2 amide bonds. The summed E-state index contributed by atoms with van der Waals surface area (Å²) in [6.45, 7) is 3.23. The minimum absolute atomic E-state index is 0.0117. The molecule has 2 rings (SSSR count). The van der Waals surface area contributed by atoms with Crippen LogP contribution in [0.4, 0.5) is 13.2 Å². The zero-order valence-corrected chi connectivity index (χ0v) is 17.9. The van der Waals surface area contributed by atoms with Crippen LogP contribution in [-0.4, -0.2) is 24.2 Å². The van der Waals surface area contributed by atoms with E-state index in [2.05, 4.69) is 15.4 Å². The number of benzene rings is 1. The van der Waals surface area contributed by atoms with Crippen molar-refractivity contribution in [3.8, 4) is 17.9 Å². The number of hydrogen-bond donors (Lipinski definition) is 2. The van der Waals surface area contributed by atoms with Crippen LogP contribution in [0, 0.1) is 34.0 Å². The van der Waals surface area contributed by atoms with Crippen molar-refractivity contribution < 1.29 is 27.5 Å². The van der Waals surface area contributed by atoms with Crippen LogP contribution in [0.5, 0.6) is 5.75 Å². The fourth-order valence-corrected chi connectivity index (χ4v) is 3.48. The Hall–Kier alpha value is -3.27. The molecule has 0 bridgehead atoms. The van der Waals surface area contributed by atoms with Crippen molar-refractivity contribution in [2.24, 2.45) is 11.3 Å². The molecular formula is C22H25F3N4O3. The lowest BCUT2D eigenvalue weighted by molar-refractivity contribution is -0.274. The molecule has 0 aliphatic heterocycles. The van der Waals surface area contributed by atoms with Gasteiger partial charge in [0.25, 0.3) is 0 Å². The number of rotatable bonds is 7. The number of alkyl halides is 3. The summed E-state index contributed by atoms with van der Waals surface area (Å²) in [4.78, 5) is 24.8. The summed E-state index contributed by atoms with van der Waals surface area (Å²) in [5.41, 5.74) is -0.673. The molecule has 1 saturated carbocycles. The summed E-state index contributed by atoms with van der Waals surface area (Å²) < 4.78 is 41.9. The van der Waals surface area contributed by atoms with Crippen molar-refractivity contribution in [2.75, 3.05) is 0 Å². The van der Waals surface area contributed by atoms with E-state index in [1.165, 1.54) is 12.1 Å². The van der Waals surface area contributed by atoms with Crippen LogP contribution in [0.1, 0.15) is 57.1 Å². The third kappa shape index (κ3) is 7.16. The number of carbonyl (C=O) groups excluding carboxylic acids is 2. The molecule has 0 heterocycles. The molecule has 10 heteroatoms. The summed E-state index contributed by atoms with van der Waals surface area (Å²) in [5, 5.41) is 23.3. The Balaban J connectivity index is 1.90. The van der Waals surface area contributed by atoms with Crippen molar-refractivity contribution in [1.29, 1.82) is 10.5 Å². The van der Waals surface area contributed by atoms with Crippen LogP contribution in [-0.2, 0) is 16.1 Å². The third-order valence-electron chi connectivity index (χ3n) is 5.44. The summed E-state index contributed by atoms with van der Waals surface area (Å²) in [7, 11) is 0. The van der Waals surface area contributed by atoms with Gasteiger partial charge < -0.3 is 15.4 Å². The Morgan fingerprint density at radius 2 is 1.81 bits per heavy atom. The van der Waals surface area contributed by atoms with E-state index in [0.717, 1.165) is 6.07 Å². The molecule has 0 saturated heterocycles. The molecule has 1 aromatic rings. The second kappa shape index (κ2) is 10.4. The van der Waals surface area contributed by atoms with E-state index in [9.17, 15) is 22.8 Å². The van der Waals surface area contributed by atoms with Gasteiger partial charge in [0.2, 0.25) is 11.8 Å². The molecule has 7 nitrogen and oxygen atoms in total. The SMILES string of the molecule is CC(C)(CC#N)C(=O)N[C@H]1CC[C@@H](C(=O)NCc2ccc(C#N)cc2OC(F)(F)F)CC1. The van der Waals surface area contributed by atoms with E-state index in [-0.39, 0.29) is 47.9 Å². The lowest BCUT2D eigenvalue weighted by Gasteiger charge is -2.31. The number of hydrogen-bond acceptors (Lipinski definition) is 5. The Morgan fingerprint density at radius 3 is 2.38 bits per heavy atom. The molecule has 172 valence electrons. The van der Waals surface area contributed by atoms with Crippen molar-refractivity contribution in [1.82, 2.24) is 10.6 Å². The molecule has 2 N–H and O–H groups in total. The zero-order chi connectivity index (χ0) is 23.9. The first-order valence-corrected chi connectivity index (χ1v) is 10.2. The smallest absolute Gasteiger partial charge is 0.405 e. The monoisotopic (exact) mass is 450 g/mol. The minimum atomic E-state index is -4.92. The van der Waals surface area contributed by atoms with E-state index in [1.807, 2.05) is 6.07 Å². The maximum atomic E-state index is 12.7. The lowest BCUT2D eigenvalue weighted by atomic mass is 9.83. The summed E-state index contributed by atoms with van der Waals surface area (Å²) in [5.74, 6) is -1.34. The summed E-state index contributed by atoms with van der Waals surface area (Å²) in [6.07, 6.45) is -2.59. The first-order chi connectivity index (χ1) is 14.9. The van der Waals surface area contributed by atoms with E-state index in [1.54, 1.807) is 19.9 Å². The van der Waals surface area contributed by atoms with Gasteiger partial charge in [-0.1, -0.05) is 19.9 Å². The third-order valence-corrected chi connectivity index (χ3v) is 5.44. The van der Waals surface area contributed by atoms with Gasteiger partial charge in [-0.05, 0) is 37.8 Å². The number of carbonyl (C=O) groups is 2. The molecule has 32 heavy (non-hydrogen) atoms. The fourth-order valence-electron chi connectivity index (χ4n) is 3.48. The maximum Gasteiger partial charge on any atom is 0.573 e. The maximum absolute atomic E-state index is 12.7. The standard InChI is InChI=1S/C22H25F3N4O3/c1-21(2,9-10-26)20(31)29-17-7-5-15(6-8-17)19(30)28-13-16-4-3-14(12-27)11-18(16)32-22(23,24)25/h3-4,11,15,17H,5-9,13H2,1-2H3,(H,28,30)(H,29,31)/t15-,17+. The van der Waals surface area contributed by atoms with Crippen LogP contribution < -0.4 is 15.4 Å². The molecule has 1 aliphatic carbocycles. The second-order valence-corrected chi connectivity index (χ2v) is 8.44. The quantitative estimate of drug-likeness (QED) is 0.658. The highest BCUT2D eigenvalue weighted by atomic mass is 19.4. The van der Waals surface area contributed by atoms with E-state index in [4.69, 9.17) is 10.5 Å². The Labute approximate surface area is 184 Å². The van der Waals surface area contributed by atoms with Crippen LogP contribution >= 0.6 is 0 Å². The van der Waals surface area contributed by atoms with E-state index in [0.29, 0.717) is 25.7 Å². The summed E-state index contributed by atoms with van der Waals surface area (Å²) >= 11 is 0. The van der Waals surface area contributed by atoms with Gasteiger partial charge in [-0.3, -0.25) is 9.59 Å². The largest absolute Gasteiger partial charge is 0.573 e. The molecule has 0 aromatic heterocycles. The summed E-state index contributed by atoms with van der Waals surface area (Å²) in [6, 6.07) is 7.31. The highest BCUT2D eigenvalue weighted by Crippen LogP contribution is 2.29. The van der Waals surface area contributed by atoms with Crippen molar-refractivity contribution >= 4 is 11.8 Å². The van der Waals surface area contributed by atoms with Crippen molar-refractivity contribution in [2.45, 2.75) is 64.9 Å². The molecule has 0 atom stereocenters. The molecule has 0 unspecified atom stereocenters. The zero-order valence-electron chi connectivity index (χ0n) is 17.9. The first-order valence-electron chi connectivity index (χ1n) is 10.2. The van der Waals surface area contributed by atoms with Gasteiger partial charge in [0.05, 0.1) is 23.1 Å². The number of nitrogens with zero attached hydrogens (tertiary/aromatic N) is 2. The molecule has 1 aromatic carbocycles. The van der Waals surface area contributed by atoms with Crippen molar-refractivity contribution in [3.63, 3.8) is 0 Å². The number of nitriles is 2. The van der Waals surface area contributed by atoms with Crippen LogP contribution in [0.25, 0.3) is 0 Å². The van der Waals surface area contributed by atoms with Gasteiger partial charge in [-0.2, -0.15) is 10.5 Å². The lowest BCUT2D eigenvalue weighted by Crippen LogP contribution is -2.45. The van der Waals surface area contributed by atoms with Crippen LogP contribution in [0.15, 0.2) is 18.2 Å². The van der Waals surface area contributed by atoms with Gasteiger partial charge in [-0.25, -0.2) is 0 Å². The Kier molecular flexibility index (Phi) is 8.09. The van der Waals surface area contributed by atoms with E-state index >= 15 is 0 Å². The predicted octanol–water partition coefficient (Wildman–Crippen LogP) is 3.69. The number of ether oxygens (including phenoxy) is 1. The molecular weight excluding hydrogens is 425 g/mol. The van der Waals surface area contributed by atoms with Gasteiger partial charge >= 0.3 is 6.36 Å². The Morgan fingerprint density at radius 1 is 1.16 bits per heavy atom. The second-order valence-electron chi connectivity index (χ2n) is 8.44. The van der Waals surface area contributed by atoms with Crippen LogP contribution in [0.3, 0.4) is 0 Å². The normalized spacial score (nSPS) is 18.7. The molecule has 1 aliphatic rings. The highest BCUT2D eigenvalue weighted by Gasteiger charge is 2.33. The number of nitrogens with one attached hydrogen (secondary N) is 2. The number of amides is 2. The molecule has 0 spiro atoms. The van der Waals surface area contributed by atoms with Gasteiger partial charge in [0, 0.05) is 30.5 Å². The number of halogens is 3. The average molecular weight is 450 g/mol. The highest BCUT2D eigenvalue weighted by molar-refractivity contribution is 5.82. The van der Waals surface area contributed by atoms with E-state index < -0.39 is 17.5 Å².